The molecule has 1 heterocycles. The Hall–Kier alpha value is -1.12. The maximum atomic E-state index is 2.35. The first-order valence-corrected chi connectivity index (χ1v) is 8.83. The Balaban J connectivity index is 1.89. The predicted octanol–water partition coefficient (Wildman–Crippen LogP) is 4.95. The SMILES string of the molecule is Cc1c(C2=C(CN(C)C)C3CCC2C3)sc2ccccc12. The largest absolute Gasteiger partial charge is 0.305 e. The Bertz CT molecular complexity index is 722. The topological polar surface area (TPSA) is 3.24 Å². The molecule has 1 aromatic carbocycles. The Morgan fingerprint density at radius 1 is 1.14 bits per heavy atom. The third kappa shape index (κ3) is 2.08. The predicted molar refractivity (Wildman–Crippen MR) is 92.9 cm³/mol. The highest BCUT2D eigenvalue weighted by Gasteiger charge is 2.40. The summed E-state index contributed by atoms with van der Waals surface area (Å²) in [7, 11) is 4.41. The molecule has 0 N–H and O–H groups in total. The normalized spacial score (nSPS) is 24.8. The highest BCUT2D eigenvalue weighted by molar-refractivity contribution is 7.20. The van der Waals surface area contributed by atoms with Crippen LogP contribution in [0.2, 0.25) is 0 Å². The quantitative estimate of drug-likeness (QED) is 0.774. The smallest absolute Gasteiger partial charge is 0.0352 e. The fourth-order valence-electron chi connectivity index (χ4n) is 4.36. The first-order valence-electron chi connectivity index (χ1n) is 8.01. The summed E-state index contributed by atoms with van der Waals surface area (Å²) in [6, 6.07) is 8.89. The zero-order valence-corrected chi connectivity index (χ0v) is 14.0. The van der Waals surface area contributed by atoms with E-state index in [4.69, 9.17) is 0 Å². The van der Waals surface area contributed by atoms with Gasteiger partial charge in [-0.1, -0.05) is 18.2 Å². The molecule has 2 aliphatic rings. The second-order valence-electron chi connectivity index (χ2n) is 6.94. The number of fused-ring (bicyclic) bond motifs is 3. The van der Waals surface area contributed by atoms with Crippen LogP contribution in [0.25, 0.3) is 15.7 Å². The van der Waals surface area contributed by atoms with Crippen molar-refractivity contribution in [3.05, 3.63) is 40.3 Å². The van der Waals surface area contributed by atoms with E-state index in [-0.39, 0.29) is 0 Å². The van der Waals surface area contributed by atoms with E-state index in [1.807, 2.05) is 11.3 Å². The molecule has 4 rings (SSSR count). The highest BCUT2D eigenvalue weighted by Crippen LogP contribution is 2.55. The molecule has 0 saturated heterocycles. The number of allylic oxidation sites excluding steroid dienone is 1. The molecular weight excluding hydrogens is 274 g/mol. The van der Waals surface area contributed by atoms with Gasteiger partial charge in [0.25, 0.3) is 0 Å². The molecule has 0 spiro atoms. The number of aryl methyl sites for hydroxylation is 1. The lowest BCUT2D eigenvalue weighted by Gasteiger charge is -2.22. The molecule has 0 amide bonds. The van der Waals surface area contributed by atoms with Gasteiger partial charge in [0.2, 0.25) is 0 Å². The standard InChI is InChI=1S/C19H23NS/c1-12-15-6-4-5-7-17(15)21-19(12)18-14-9-8-13(10-14)16(18)11-20(2)3/h4-7,13-14H,8-11H2,1-3H3. The molecular formula is C19H23NS. The summed E-state index contributed by atoms with van der Waals surface area (Å²) < 4.78 is 1.45. The molecule has 2 atom stereocenters. The van der Waals surface area contributed by atoms with Crippen molar-refractivity contribution >= 4 is 27.0 Å². The Labute approximate surface area is 131 Å². The first-order chi connectivity index (χ1) is 10.1. The average molecular weight is 297 g/mol. The van der Waals surface area contributed by atoms with Gasteiger partial charge >= 0.3 is 0 Å². The van der Waals surface area contributed by atoms with Crippen LogP contribution < -0.4 is 0 Å². The molecule has 110 valence electrons. The van der Waals surface area contributed by atoms with Gasteiger partial charge in [0.15, 0.2) is 0 Å². The second kappa shape index (κ2) is 4.96. The summed E-state index contributed by atoms with van der Waals surface area (Å²) in [6.07, 6.45) is 4.23. The third-order valence-corrected chi connectivity index (χ3v) is 6.56. The van der Waals surface area contributed by atoms with Gasteiger partial charge < -0.3 is 4.90 Å². The van der Waals surface area contributed by atoms with Gasteiger partial charge in [0.05, 0.1) is 0 Å². The van der Waals surface area contributed by atoms with Crippen molar-refractivity contribution in [3.63, 3.8) is 0 Å². The van der Waals surface area contributed by atoms with Crippen LogP contribution in [0, 0.1) is 18.8 Å². The monoisotopic (exact) mass is 297 g/mol. The van der Waals surface area contributed by atoms with Crippen molar-refractivity contribution in [2.24, 2.45) is 11.8 Å². The van der Waals surface area contributed by atoms with Crippen LogP contribution in [-0.4, -0.2) is 25.5 Å². The number of thiophene rings is 1. The molecule has 2 aliphatic carbocycles. The summed E-state index contributed by atoms with van der Waals surface area (Å²) in [5, 5.41) is 1.46. The van der Waals surface area contributed by atoms with Gasteiger partial charge in [-0.05, 0) is 80.3 Å². The Kier molecular flexibility index (Phi) is 3.20. The van der Waals surface area contributed by atoms with Crippen LogP contribution in [-0.2, 0) is 0 Å². The van der Waals surface area contributed by atoms with Crippen LogP contribution in [0.1, 0.15) is 29.7 Å². The minimum Gasteiger partial charge on any atom is -0.305 e. The van der Waals surface area contributed by atoms with E-state index in [9.17, 15) is 0 Å². The molecule has 2 bridgehead atoms. The fraction of sp³-hybridized carbons (Fsp3) is 0.474. The molecule has 0 radical (unpaired) electrons. The first kappa shape index (κ1) is 13.5. The Morgan fingerprint density at radius 2 is 1.90 bits per heavy atom. The van der Waals surface area contributed by atoms with E-state index in [0.717, 1.165) is 18.4 Å². The highest BCUT2D eigenvalue weighted by atomic mass is 32.1. The maximum absolute atomic E-state index is 2.35. The van der Waals surface area contributed by atoms with Crippen molar-refractivity contribution in [1.29, 1.82) is 0 Å². The van der Waals surface area contributed by atoms with Crippen molar-refractivity contribution in [2.45, 2.75) is 26.2 Å². The molecule has 2 aromatic rings. The van der Waals surface area contributed by atoms with Crippen LogP contribution in [0.4, 0.5) is 0 Å². The van der Waals surface area contributed by atoms with E-state index in [2.05, 4.69) is 50.2 Å². The molecule has 0 aliphatic heterocycles. The molecule has 1 aromatic heterocycles. The van der Waals surface area contributed by atoms with E-state index >= 15 is 0 Å². The second-order valence-corrected chi connectivity index (χ2v) is 7.99. The van der Waals surface area contributed by atoms with Crippen molar-refractivity contribution in [2.75, 3.05) is 20.6 Å². The molecule has 21 heavy (non-hydrogen) atoms. The molecule has 2 heteroatoms. The summed E-state index contributed by atoms with van der Waals surface area (Å²) >= 11 is 2.02. The Morgan fingerprint density at radius 3 is 2.67 bits per heavy atom. The van der Waals surface area contributed by atoms with Gasteiger partial charge in [0.1, 0.15) is 0 Å². The number of benzene rings is 1. The molecule has 1 saturated carbocycles. The lowest BCUT2D eigenvalue weighted by atomic mass is 9.89. The zero-order valence-electron chi connectivity index (χ0n) is 13.1. The number of hydrogen-bond donors (Lipinski definition) is 0. The van der Waals surface area contributed by atoms with Gasteiger partial charge in [-0.2, -0.15) is 0 Å². The average Bonchev–Trinajstić information content (AvgIpc) is 3.13. The van der Waals surface area contributed by atoms with E-state index in [1.54, 1.807) is 16.0 Å². The van der Waals surface area contributed by atoms with Gasteiger partial charge in [0, 0.05) is 16.1 Å². The van der Waals surface area contributed by atoms with Gasteiger partial charge in [-0.15, -0.1) is 11.3 Å². The van der Waals surface area contributed by atoms with Crippen LogP contribution in [0.15, 0.2) is 29.8 Å². The summed E-state index contributed by atoms with van der Waals surface area (Å²) in [6.45, 7) is 3.46. The number of hydrogen-bond acceptors (Lipinski definition) is 2. The maximum Gasteiger partial charge on any atom is 0.0352 e. The minimum atomic E-state index is 0.830. The minimum absolute atomic E-state index is 0.830. The molecule has 2 unspecified atom stereocenters. The van der Waals surface area contributed by atoms with Gasteiger partial charge in [-0.3, -0.25) is 0 Å². The lowest BCUT2D eigenvalue weighted by Crippen LogP contribution is -2.19. The van der Waals surface area contributed by atoms with E-state index in [0.29, 0.717) is 0 Å². The lowest BCUT2D eigenvalue weighted by molar-refractivity contribution is 0.423. The molecule has 1 fully saturated rings. The van der Waals surface area contributed by atoms with Crippen LogP contribution in [0.3, 0.4) is 0 Å². The summed E-state index contributed by atoms with van der Waals surface area (Å²) in [5.74, 6) is 1.69. The third-order valence-electron chi connectivity index (χ3n) is 5.25. The van der Waals surface area contributed by atoms with E-state index in [1.165, 1.54) is 34.9 Å². The zero-order chi connectivity index (χ0) is 14.6. The van der Waals surface area contributed by atoms with Crippen LogP contribution >= 0.6 is 11.3 Å². The van der Waals surface area contributed by atoms with Crippen molar-refractivity contribution in [3.8, 4) is 0 Å². The number of nitrogens with zero attached hydrogens (tertiary/aromatic N) is 1. The van der Waals surface area contributed by atoms with E-state index < -0.39 is 0 Å². The fourth-order valence-corrected chi connectivity index (χ4v) is 5.73. The molecule has 1 nitrogen and oxygen atoms in total. The summed E-state index contributed by atoms with van der Waals surface area (Å²) in [4.78, 5) is 3.93. The summed E-state index contributed by atoms with van der Waals surface area (Å²) in [5.41, 5.74) is 4.97. The number of likely N-dealkylation sites (N-methyl/N-ethyl adjacent to an activating group) is 1. The van der Waals surface area contributed by atoms with Crippen LogP contribution in [0.5, 0.6) is 0 Å². The number of rotatable bonds is 3. The van der Waals surface area contributed by atoms with Crippen molar-refractivity contribution < 1.29 is 0 Å². The van der Waals surface area contributed by atoms with Gasteiger partial charge in [-0.25, -0.2) is 0 Å². The van der Waals surface area contributed by atoms with Crippen molar-refractivity contribution in [1.82, 2.24) is 4.90 Å².